The summed E-state index contributed by atoms with van der Waals surface area (Å²) in [6.45, 7) is 2.02. The van der Waals surface area contributed by atoms with Gasteiger partial charge >= 0.3 is 0 Å². The highest BCUT2D eigenvalue weighted by Crippen LogP contribution is 2.23. The van der Waals surface area contributed by atoms with Crippen molar-refractivity contribution < 1.29 is 4.79 Å². The van der Waals surface area contributed by atoms with Crippen LogP contribution < -0.4 is 5.32 Å². The molecular formula is C25H24N4O. The summed E-state index contributed by atoms with van der Waals surface area (Å²) in [6.07, 6.45) is 5.12. The van der Waals surface area contributed by atoms with Crippen LogP contribution in [-0.4, -0.2) is 27.8 Å². The fourth-order valence-electron chi connectivity index (χ4n) is 3.25. The molecule has 0 spiro atoms. The fraction of sp³-hybridized carbons (Fsp3) is 0.120. The predicted molar refractivity (Wildman–Crippen MR) is 122 cm³/mol. The lowest BCUT2D eigenvalue weighted by Crippen LogP contribution is -2.28. The Morgan fingerprint density at radius 3 is 2.57 bits per heavy atom. The lowest BCUT2D eigenvalue weighted by molar-refractivity contribution is -0.126. The summed E-state index contributed by atoms with van der Waals surface area (Å²) in [4.78, 5) is 22.2. The van der Waals surface area contributed by atoms with Crippen molar-refractivity contribution in [2.45, 2.75) is 13.0 Å². The first-order valence-electron chi connectivity index (χ1n) is 9.91. The summed E-state index contributed by atoms with van der Waals surface area (Å²) in [5.74, 6) is 0.696. The number of H-pyrrole nitrogens is 1. The second kappa shape index (κ2) is 8.66. The molecule has 1 amide bonds. The van der Waals surface area contributed by atoms with E-state index in [4.69, 9.17) is 0 Å². The molecule has 0 fully saturated rings. The van der Waals surface area contributed by atoms with Crippen LogP contribution in [0.25, 0.3) is 17.0 Å². The zero-order chi connectivity index (χ0) is 20.9. The van der Waals surface area contributed by atoms with Crippen molar-refractivity contribution in [3.05, 3.63) is 96.3 Å². The van der Waals surface area contributed by atoms with E-state index in [-0.39, 0.29) is 11.9 Å². The number of carbonyl (C=O) groups is 1. The van der Waals surface area contributed by atoms with Crippen LogP contribution in [0.2, 0.25) is 0 Å². The Morgan fingerprint density at radius 1 is 1.07 bits per heavy atom. The number of hydrogen-bond donors (Lipinski definition) is 2. The maximum Gasteiger partial charge on any atom is 0.246 e. The average molecular weight is 396 g/mol. The second-order valence-corrected chi connectivity index (χ2v) is 7.24. The van der Waals surface area contributed by atoms with Gasteiger partial charge in [-0.1, -0.05) is 36.4 Å². The number of anilines is 2. The number of nitrogens with one attached hydrogen (secondary N) is 2. The van der Waals surface area contributed by atoms with E-state index in [1.54, 1.807) is 23.2 Å². The molecule has 5 heteroatoms. The number of benzene rings is 2. The molecule has 4 aromatic rings. The van der Waals surface area contributed by atoms with E-state index in [2.05, 4.69) is 27.4 Å². The molecule has 0 aliphatic carbocycles. The quantitative estimate of drug-likeness (QED) is 0.421. The summed E-state index contributed by atoms with van der Waals surface area (Å²) in [6, 6.07) is 23.9. The molecule has 0 saturated carbocycles. The van der Waals surface area contributed by atoms with Gasteiger partial charge in [-0.3, -0.25) is 4.79 Å². The minimum Gasteiger partial charge on any atom is -0.357 e. The van der Waals surface area contributed by atoms with E-state index in [1.165, 1.54) is 0 Å². The van der Waals surface area contributed by atoms with E-state index in [9.17, 15) is 4.79 Å². The normalized spacial score (nSPS) is 12.2. The number of carbonyl (C=O) groups excluding carboxylic acids is 1. The van der Waals surface area contributed by atoms with Crippen LogP contribution in [0.4, 0.5) is 11.5 Å². The van der Waals surface area contributed by atoms with Gasteiger partial charge in [-0.15, -0.1) is 0 Å². The molecule has 0 saturated heterocycles. The first-order valence-corrected chi connectivity index (χ1v) is 9.91. The van der Waals surface area contributed by atoms with Crippen molar-refractivity contribution in [1.29, 1.82) is 0 Å². The van der Waals surface area contributed by atoms with Crippen LogP contribution in [0.1, 0.15) is 24.2 Å². The molecule has 0 radical (unpaired) electrons. The topological polar surface area (TPSA) is 61.0 Å². The Bertz CT molecular complexity index is 1130. The summed E-state index contributed by atoms with van der Waals surface area (Å²) in [7, 11) is 1.81. The second-order valence-electron chi connectivity index (χ2n) is 7.24. The zero-order valence-electron chi connectivity index (χ0n) is 17.0. The number of rotatable bonds is 6. The molecule has 0 aliphatic heterocycles. The van der Waals surface area contributed by atoms with E-state index < -0.39 is 0 Å². The van der Waals surface area contributed by atoms with Crippen LogP contribution >= 0.6 is 0 Å². The van der Waals surface area contributed by atoms with Crippen molar-refractivity contribution in [3.8, 4) is 0 Å². The highest BCUT2D eigenvalue weighted by molar-refractivity contribution is 5.92. The van der Waals surface area contributed by atoms with Crippen molar-refractivity contribution in [2.75, 3.05) is 12.4 Å². The van der Waals surface area contributed by atoms with Crippen molar-refractivity contribution in [2.24, 2.45) is 0 Å². The van der Waals surface area contributed by atoms with Crippen LogP contribution in [0.15, 0.2) is 85.1 Å². The monoisotopic (exact) mass is 396 g/mol. The summed E-state index contributed by atoms with van der Waals surface area (Å²) < 4.78 is 0. The first-order chi connectivity index (χ1) is 14.6. The molecule has 150 valence electrons. The third-order valence-electron chi connectivity index (χ3n) is 5.18. The van der Waals surface area contributed by atoms with Crippen molar-refractivity contribution in [3.63, 3.8) is 0 Å². The van der Waals surface area contributed by atoms with Crippen LogP contribution in [0.5, 0.6) is 0 Å². The maximum absolute atomic E-state index is 12.6. The van der Waals surface area contributed by atoms with Gasteiger partial charge in [0.05, 0.1) is 6.04 Å². The number of pyridine rings is 1. The number of aromatic nitrogens is 2. The third kappa shape index (κ3) is 4.41. The molecule has 2 N–H and O–H groups in total. The van der Waals surface area contributed by atoms with Crippen LogP contribution in [-0.2, 0) is 4.79 Å². The molecule has 5 nitrogen and oxygen atoms in total. The maximum atomic E-state index is 12.6. The van der Waals surface area contributed by atoms with Gasteiger partial charge in [0.1, 0.15) is 5.82 Å². The Labute approximate surface area is 176 Å². The molecule has 4 rings (SSSR count). The Kier molecular flexibility index (Phi) is 5.61. The van der Waals surface area contributed by atoms with E-state index >= 15 is 0 Å². The Hall–Kier alpha value is -3.86. The van der Waals surface area contributed by atoms with Gasteiger partial charge in [0.25, 0.3) is 0 Å². The van der Waals surface area contributed by atoms with Gasteiger partial charge in [-0.2, -0.15) is 0 Å². The number of nitrogens with zero attached hydrogens (tertiary/aromatic N) is 2. The van der Waals surface area contributed by atoms with Gasteiger partial charge in [0, 0.05) is 36.2 Å². The van der Waals surface area contributed by atoms with Gasteiger partial charge in [-0.25, -0.2) is 4.98 Å². The SMILES string of the molecule is CC(c1cc2ccccc2[nH]1)N(C)C(=O)/C=C/c1ccc(Nc2ccccc2)nc1. The number of amides is 1. The summed E-state index contributed by atoms with van der Waals surface area (Å²) in [5, 5.41) is 4.39. The lowest BCUT2D eigenvalue weighted by atomic mass is 10.2. The number of aromatic amines is 1. The number of para-hydroxylation sites is 2. The molecule has 1 atom stereocenters. The van der Waals surface area contributed by atoms with Gasteiger partial charge in [0.15, 0.2) is 0 Å². The van der Waals surface area contributed by atoms with Crippen molar-refractivity contribution in [1.82, 2.24) is 14.9 Å². The minimum atomic E-state index is -0.0647. The Balaban J connectivity index is 1.39. The number of likely N-dealkylation sites (N-methyl/N-ethyl adjacent to an activating group) is 1. The third-order valence-corrected chi connectivity index (χ3v) is 5.18. The van der Waals surface area contributed by atoms with E-state index in [1.807, 2.05) is 74.6 Å². The fourth-order valence-corrected chi connectivity index (χ4v) is 3.25. The first kappa shape index (κ1) is 19.5. The summed E-state index contributed by atoms with van der Waals surface area (Å²) >= 11 is 0. The van der Waals surface area contributed by atoms with Crippen LogP contribution in [0, 0.1) is 0 Å². The molecule has 2 aromatic heterocycles. The molecule has 0 bridgehead atoms. The Morgan fingerprint density at radius 2 is 1.83 bits per heavy atom. The zero-order valence-corrected chi connectivity index (χ0v) is 17.0. The molecule has 0 aliphatic rings. The van der Waals surface area contributed by atoms with Gasteiger partial charge < -0.3 is 15.2 Å². The highest BCUT2D eigenvalue weighted by Gasteiger charge is 2.17. The molecule has 30 heavy (non-hydrogen) atoms. The van der Waals surface area contributed by atoms with E-state index in [0.29, 0.717) is 0 Å². The largest absolute Gasteiger partial charge is 0.357 e. The molecular weight excluding hydrogens is 372 g/mol. The smallest absolute Gasteiger partial charge is 0.246 e. The van der Waals surface area contributed by atoms with Gasteiger partial charge in [0.2, 0.25) is 5.91 Å². The van der Waals surface area contributed by atoms with Gasteiger partial charge in [-0.05, 0) is 60.3 Å². The molecule has 2 heterocycles. The predicted octanol–water partition coefficient (Wildman–Crippen LogP) is 5.54. The average Bonchev–Trinajstić information content (AvgIpc) is 3.22. The highest BCUT2D eigenvalue weighted by atomic mass is 16.2. The molecule has 1 unspecified atom stereocenters. The number of fused-ring (bicyclic) bond motifs is 1. The standard InChI is InChI=1S/C25H24N4O/c1-18(23-16-20-8-6-7-11-22(20)28-23)29(2)25(30)15-13-19-12-14-24(26-17-19)27-21-9-4-3-5-10-21/h3-18,28H,1-2H3,(H,26,27)/b15-13+. The van der Waals surface area contributed by atoms with E-state index in [0.717, 1.165) is 33.7 Å². The molecule has 2 aromatic carbocycles. The van der Waals surface area contributed by atoms with Crippen LogP contribution in [0.3, 0.4) is 0 Å². The summed E-state index contributed by atoms with van der Waals surface area (Å²) in [5.41, 5.74) is 3.94. The lowest BCUT2D eigenvalue weighted by Gasteiger charge is -2.22. The van der Waals surface area contributed by atoms with Crippen molar-refractivity contribution >= 4 is 34.4 Å². The minimum absolute atomic E-state index is 0.0624. The number of hydrogen-bond acceptors (Lipinski definition) is 3.